The summed E-state index contributed by atoms with van der Waals surface area (Å²) in [6.45, 7) is 6.49. The van der Waals surface area contributed by atoms with Crippen molar-refractivity contribution in [2.45, 2.75) is 19.4 Å². The molecule has 28 heavy (non-hydrogen) atoms. The predicted octanol–water partition coefficient (Wildman–Crippen LogP) is 4.00. The summed E-state index contributed by atoms with van der Waals surface area (Å²) < 4.78 is 6.07. The molecule has 0 spiro atoms. The van der Waals surface area contributed by atoms with Crippen LogP contribution in [0.3, 0.4) is 0 Å². The van der Waals surface area contributed by atoms with E-state index in [1.165, 1.54) is 6.08 Å². The summed E-state index contributed by atoms with van der Waals surface area (Å²) in [6.07, 6.45) is 5.38. The molecule has 0 saturated carbocycles. The molecule has 1 aliphatic heterocycles. The molecule has 0 aromatic heterocycles. The number of carbonyl (C=O) groups is 1. The number of esters is 1. The van der Waals surface area contributed by atoms with E-state index in [2.05, 4.69) is 11.6 Å². The molecule has 1 atom stereocenters. The Bertz CT molecular complexity index is 833. The molecule has 1 saturated heterocycles. The molecule has 0 amide bonds. The highest BCUT2D eigenvalue weighted by Gasteiger charge is 2.21. The third-order valence-corrected chi connectivity index (χ3v) is 4.88. The molecule has 1 heterocycles. The van der Waals surface area contributed by atoms with Crippen LogP contribution in [0.25, 0.3) is 6.08 Å². The van der Waals surface area contributed by atoms with Crippen LogP contribution in [0.15, 0.2) is 60.7 Å². The quantitative estimate of drug-likeness (QED) is 0.182. The van der Waals surface area contributed by atoms with Crippen molar-refractivity contribution in [3.63, 3.8) is 0 Å². The van der Waals surface area contributed by atoms with Gasteiger partial charge in [-0.2, -0.15) is 4.74 Å². The first-order chi connectivity index (χ1) is 13.6. The zero-order valence-electron chi connectivity index (χ0n) is 16.0. The Hall–Kier alpha value is -2.92. The maximum atomic E-state index is 12.0. The summed E-state index contributed by atoms with van der Waals surface area (Å²) in [7, 11) is 0. The van der Waals surface area contributed by atoms with Crippen molar-refractivity contribution >= 4 is 24.5 Å². The lowest BCUT2D eigenvalue weighted by Crippen LogP contribution is -2.37. The number of hydrogen-bond donors (Lipinski definition) is 0. The summed E-state index contributed by atoms with van der Waals surface area (Å²) in [4.78, 5) is 14.3. The average molecular weight is 378 g/mol. The second kappa shape index (κ2) is 9.85. The van der Waals surface area contributed by atoms with E-state index in [4.69, 9.17) is 4.74 Å². The lowest BCUT2D eigenvalue weighted by molar-refractivity contribution is -0.349. The number of rotatable bonds is 7. The van der Waals surface area contributed by atoms with Crippen molar-refractivity contribution in [1.82, 2.24) is 4.90 Å². The Morgan fingerprint density at radius 1 is 1.25 bits per heavy atom. The van der Waals surface area contributed by atoms with Crippen molar-refractivity contribution in [2.24, 2.45) is 5.92 Å². The maximum absolute atomic E-state index is 12.0. The summed E-state index contributed by atoms with van der Waals surface area (Å²) >= 11 is 0. The molecular formula is C23H26N2O3. The van der Waals surface area contributed by atoms with Gasteiger partial charge in [0, 0.05) is 37.2 Å². The smallest absolute Gasteiger partial charge is 0.330 e. The standard InChI is InChI=1S/C23H26N2O3/c1-24(27)22-11-5-9-20(15-22)16-25-14-6-10-21(17-25)18-28-23(26)13-12-19-7-3-2-4-8-19/h2-5,7-9,11-13,15,21H,1,6,10,14,16-18H2/b13-12+. The van der Waals surface area contributed by atoms with Crippen LogP contribution < -0.4 is 0 Å². The van der Waals surface area contributed by atoms with Gasteiger partial charge in [-0.3, -0.25) is 4.90 Å². The highest BCUT2D eigenvalue weighted by atomic mass is 16.5. The number of nitrogens with zero attached hydrogens (tertiary/aromatic N) is 2. The van der Waals surface area contributed by atoms with Gasteiger partial charge in [-0.05, 0) is 36.6 Å². The summed E-state index contributed by atoms with van der Waals surface area (Å²) in [5.74, 6) is 0.0227. The SMILES string of the molecule is C=[N+]([O-])c1cccc(CN2CCCC(COC(=O)/C=C/c3ccccc3)C2)c1. The largest absolute Gasteiger partial charge is 0.619 e. The third kappa shape index (κ3) is 6.06. The zero-order chi connectivity index (χ0) is 19.8. The molecule has 2 aromatic carbocycles. The van der Waals surface area contributed by atoms with Gasteiger partial charge in [-0.25, -0.2) is 4.79 Å². The Morgan fingerprint density at radius 2 is 2.07 bits per heavy atom. The van der Waals surface area contributed by atoms with Crippen molar-refractivity contribution in [1.29, 1.82) is 0 Å². The van der Waals surface area contributed by atoms with E-state index in [-0.39, 0.29) is 5.97 Å². The summed E-state index contributed by atoms with van der Waals surface area (Å²) in [6, 6.07) is 17.2. The van der Waals surface area contributed by atoms with Crippen LogP contribution in [-0.4, -0.2) is 42.0 Å². The minimum atomic E-state index is -0.306. The first-order valence-electron chi connectivity index (χ1n) is 9.59. The van der Waals surface area contributed by atoms with Gasteiger partial charge in [-0.1, -0.05) is 42.5 Å². The van der Waals surface area contributed by atoms with Crippen molar-refractivity contribution in [3.8, 4) is 0 Å². The Morgan fingerprint density at radius 3 is 2.86 bits per heavy atom. The molecule has 0 aliphatic carbocycles. The van der Waals surface area contributed by atoms with Crippen LogP contribution in [-0.2, 0) is 16.1 Å². The highest BCUT2D eigenvalue weighted by molar-refractivity contribution is 5.87. The second-order valence-electron chi connectivity index (χ2n) is 7.17. The molecule has 3 rings (SSSR count). The normalized spacial score (nSPS) is 17.5. The Kier molecular flexibility index (Phi) is 6.98. The van der Waals surface area contributed by atoms with Crippen LogP contribution in [0, 0.1) is 11.1 Å². The van der Waals surface area contributed by atoms with Crippen LogP contribution in [0.4, 0.5) is 5.69 Å². The van der Waals surface area contributed by atoms with Gasteiger partial charge in [0.05, 0.1) is 6.61 Å². The number of likely N-dealkylation sites (tertiary alicyclic amines) is 1. The second-order valence-corrected chi connectivity index (χ2v) is 7.17. The topological polar surface area (TPSA) is 55.6 Å². The third-order valence-electron chi connectivity index (χ3n) is 4.88. The molecule has 146 valence electrons. The molecule has 5 heteroatoms. The van der Waals surface area contributed by atoms with Crippen LogP contribution in [0.5, 0.6) is 0 Å². The molecule has 2 aromatic rings. The van der Waals surface area contributed by atoms with Gasteiger partial charge in [0.15, 0.2) is 0 Å². The number of ether oxygens (including phenoxy) is 1. The molecule has 1 unspecified atom stereocenters. The van der Waals surface area contributed by atoms with Gasteiger partial charge in [0.2, 0.25) is 5.69 Å². The van der Waals surface area contributed by atoms with Crippen molar-refractivity contribution < 1.29 is 14.3 Å². The van der Waals surface area contributed by atoms with Crippen LogP contribution >= 0.6 is 0 Å². The van der Waals surface area contributed by atoms with E-state index >= 15 is 0 Å². The molecule has 0 radical (unpaired) electrons. The Balaban J connectivity index is 1.47. The predicted molar refractivity (Wildman–Crippen MR) is 111 cm³/mol. The molecule has 5 nitrogen and oxygen atoms in total. The van der Waals surface area contributed by atoms with E-state index in [0.717, 1.165) is 43.6 Å². The minimum Gasteiger partial charge on any atom is -0.619 e. The first-order valence-corrected chi connectivity index (χ1v) is 9.59. The lowest BCUT2D eigenvalue weighted by Gasteiger charge is -2.32. The minimum absolute atomic E-state index is 0.306. The molecule has 1 aliphatic rings. The molecule has 1 fully saturated rings. The highest BCUT2D eigenvalue weighted by Crippen LogP contribution is 2.21. The van der Waals surface area contributed by atoms with Crippen LogP contribution in [0.2, 0.25) is 0 Å². The molecular weight excluding hydrogens is 352 g/mol. The first kappa shape index (κ1) is 19.8. The Labute approximate surface area is 166 Å². The van der Waals surface area contributed by atoms with E-state index in [0.29, 0.717) is 23.0 Å². The number of hydrogen-bond acceptors (Lipinski definition) is 4. The van der Waals surface area contributed by atoms with E-state index < -0.39 is 0 Å². The van der Waals surface area contributed by atoms with Gasteiger partial charge in [-0.15, -0.1) is 0 Å². The number of benzene rings is 2. The maximum Gasteiger partial charge on any atom is 0.330 e. The van der Waals surface area contributed by atoms with Crippen molar-refractivity contribution in [3.05, 3.63) is 77.0 Å². The van der Waals surface area contributed by atoms with Gasteiger partial charge in [0.1, 0.15) is 6.72 Å². The summed E-state index contributed by atoms with van der Waals surface area (Å²) in [5.41, 5.74) is 2.63. The fraction of sp³-hybridized carbons (Fsp3) is 0.304. The van der Waals surface area contributed by atoms with Gasteiger partial charge >= 0.3 is 5.97 Å². The van der Waals surface area contributed by atoms with E-state index in [9.17, 15) is 10.0 Å². The zero-order valence-corrected chi connectivity index (χ0v) is 16.0. The fourth-order valence-corrected chi connectivity index (χ4v) is 3.48. The van der Waals surface area contributed by atoms with E-state index in [1.807, 2.05) is 48.5 Å². The van der Waals surface area contributed by atoms with Crippen LogP contribution in [0.1, 0.15) is 24.0 Å². The van der Waals surface area contributed by atoms with Crippen molar-refractivity contribution in [2.75, 3.05) is 19.7 Å². The van der Waals surface area contributed by atoms with Gasteiger partial charge in [0.25, 0.3) is 0 Å². The molecule has 0 N–H and O–H groups in total. The lowest BCUT2D eigenvalue weighted by atomic mass is 9.98. The van der Waals surface area contributed by atoms with E-state index in [1.54, 1.807) is 12.1 Å². The molecule has 0 bridgehead atoms. The van der Waals surface area contributed by atoms with Gasteiger partial charge < -0.3 is 9.94 Å². The number of carbonyl (C=O) groups excluding carboxylic acids is 1. The fourth-order valence-electron chi connectivity index (χ4n) is 3.48. The average Bonchev–Trinajstić information content (AvgIpc) is 2.72. The monoisotopic (exact) mass is 378 g/mol. The summed E-state index contributed by atoms with van der Waals surface area (Å²) in [5, 5.41) is 11.4. The number of piperidine rings is 1.